The van der Waals surface area contributed by atoms with E-state index in [0.717, 1.165) is 24.8 Å². The number of halogens is 1. The molecule has 0 aliphatic carbocycles. The fourth-order valence-corrected chi connectivity index (χ4v) is 1.77. The van der Waals surface area contributed by atoms with Crippen molar-refractivity contribution in [1.29, 1.82) is 0 Å². The summed E-state index contributed by atoms with van der Waals surface area (Å²) in [7, 11) is 1.39. The summed E-state index contributed by atoms with van der Waals surface area (Å²) < 4.78 is 4.55. The van der Waals surface area contributed by atoms with Gasteiger partial charge in [0.05, 0.1) is 7.11 Å². The molecule has 6 heteroatoms. The number of amides is 1. The van der Waals surface area contributed by atoms with Crippen LogP contribution in [-0.2, 0) is 16.1 Å². The van der Waals surface area contributed by atoms with E-state index in [1.54, 1.807) is 12.1 Å². The van der Waals surface area contributed by atoms with Crippen molar-refractivity contribution in [3.8, 4) is 0 Å². The molecule has 3 N–H and O–H groups in total. The van der Waals surface area contributed by atoms with Crippen molar-refractivity contribution in [2.24, 2.45) is 5.73 Å². The molecule has 0 fully saturated rings. The average Bonchev–Trinajstić information content (AvgIpc) is 2.50. The van der Waals surface area contributed by atoms with Gasteiger partial charge in [-0.3, -0.25) is 9.59 Å². The maximum absolute atomic E-state index is 11.8. The van der Waals surface area contributed by atoms with E-state index in [-0.39, 0.29) is 24.3 Å². The van der Waals surface area contributed by atoms with Crippen LogP contribution >= 0.6 is 12.4 Å². The Morgan fingerprint density at radius 3 is 2.38 bits per heavy atom. The minimum absolute atomic E-state index is 0. The number of rotatable bonds is 8. The Morgan fingerprint density at radius 1 is 1.14 bits per heavy atom. The highest BCUT2D eigenvalue weighted by atomic mass is 35.5. The van der Waals surface area contributed by atoms with Gasteiger partial charge in [-0.2, -0.15) is 0 Å². The lowest BCUT2D eigenvalue weighted by Gasteiger charge is -2.06. The summed E-state index contributed by atoms with van der Waals surface area (Å²) in [6.45, 7) is 1.08. The van der Waals surface area contributed by atoms with E-state index in [2.05, 4.69) is 10.1 Å². The molecule has 0 aliphatic heterocycles. The molecule has 0 spiro atoms. The number of nitrogens with two attached hydrogens (primary N) is 1. The molecule has 1 rings (SSSR count). The summed E-state index contributed by atoms with van der Waals surface area (Å²) >= 11 is 0. The summed E-state index contributed by atoms with van der Waals surface area (Å²) in [5.74, 6) is -0.268. The van der Waals surface area contributed by atoms with Crippen molar-refractivity contribution in [1.82, 2.24) is 5.32 Å². The lowest BCUT2D eigenvalue weighted by atomic mass is 10.1. The van der Waals surface area contributed by atoms with Gasteiger partial charge in [-0.25, -0.2) is 0 Å². The van der Waals surface area contributed by atoms with Crippen LogP contribution in [0.4, 0.5) is 0 Å². The number of carbonyl (C=O) groups is 2. The van der Waals surface area contributed by atoms with Gasteiger partial charge in [0.25, 0.3) is 5.91 Å². The minimum atomic E-state index is -0.186. The molecular weight excluding hydrogens is 292 g/mol. The molecule has 0 aromatic heterocycles. The van der Waals surface area contributed by atoms with Gasteiger partial charge in [0.1, 0.15) is 0 Å². The molecule has 0 radical (unpaired) electrons. The molecule has 1 amide bonds. The molecule has 118 valence electrons. The number of nitrogens with one attached hydrogen (secondary N) is 1. The molecule has 0 atom stereocenters. The largest absolute Gasteiger partial charge is 0.469 e. The zero-order chi connectivity index (χ0) is 14.8. The summed E-state index contributed by atoms with van der Waals surface area (Å²) in [4.78, 5) is 22.7. The smallest absolute Gasteiger partial charge is 0.305 e. The van der Waals surface area contributed by atoms with E-state index in [0.29, 0.717) is 25.1 Å². The van der Waals surface area contributed by atoms with Gasteiger partial charge in [-0.1, -0.05) is 18.6 Å². The zero-order valence-electron chi connectivity index (χ0n) is 12.3. The lowest BCUT2D eigenvalue weighted by molar-refractivity contribution is -0.140. The van der Waals surface area contributed by atoms with E-state index in [4.69, 9.17) is 5.73 Å². The van der Waals surface area contributed by atoms with Crippen LogP contribution in [0, 0.1) is 0 Å². The molecule has 1 aromatic carbocycles. The van der Waals surface area contributed by atoms with Crippen molar-refractivity contribution < 1.29 is 14.3 Å². The predicted molar refractivity (Wildman–Crippen MR) is 84.4 cm³/mol. The van der Waals surface area contributed by atoms with Gasteiger partial charge in [-0.15, -0.1) is 12.4 Å². The highest BCUT2D eigenvalue weighted by Gasteiger charge is 2.04. The number of hydrogen-bond acceptors (Lipinski definition) is 4. The number of methoxy groups -OCH3 is 1. The Bertz CT molecular complexity index is 435. The van der Waals surface area contributed by atoms with E-state index in [9.17, 15) is 9.59 Å². The Morgan fingerprint density at radius 2 is 1.81 bits per heavy atom. The maximum Gasteiger partial charge on any atom is 0.305 e. The Labute approximate surface area is 131 Å². The highest BCUT2D eigenvalue weighted by molar-refractivity contribution is 5.94. The quantitative estimate of drug-likeness (QED) is 0.568. The van der Waals surface area contributed by atoms with Crippen LogP contribution in [0.2, 0.25) is 0 Å². The average molecular weight is 315 g/mol. The normalized spacial score (nSPS) is 9.62. The fraction of sp³-hybridized carbons (Fsp3) is 0.467. The third kappa shape index (κ3) is 7.68. The molecule has 0 aliphatic rings. The van der Waals surface area contributed by atoms with E-state index in [1.807, 2.05) is 12.1 Å². The SMILES string of the molecule is COC(=O)CCCCCNC(=O)c1ccc(CN)cc1.Cl. The molecule has 0 unspecified atom stereocenters. The summed E-state index contributed by atoms with van der Waals surface area (Å²) in [5.41, 5.74) is 7.14. The third-order valence-corrected chi connectivity index (χ3v) is 3.02. The minimum Gasteiger partial charge on any atom is -0.469 e. The van der Waals surface area contributed by atoms with Crippen LogP contribution in [0.25, 0.3) is 0 Å². The first kappa shape index (κ1) is 19.4. The zero-order valence-corrected chi connectivity index (χ0v) is 13.1. The molecule has 0 bridgehead atoms. The molecule has 0 saturated heterocycles. The molecular formula is C15H23ClN2O3. The standard InChI is InChI=1S/C15H22N2O3.ClH/c1-20-14(18)5-3-2-4-10-17-15(19)13-8-6-12(11-16)7-9-13;/h6-9H,2-5,10-11,16H2,1H3,(H,17,19);1H. The molecule has 1 aromatic rings. The number of benzene rings is 1. The van der Waals surface area contributed by atoms with Crippen LogP contribution in [0.5, 0.6) is 0 Å². The first-order valence-electron chi connectivity index (χ1n) is 6.81. The summed E-state index contributed by atoms with van der Waals surface area (Å²) in [6.07, 6.45) is 2.96. The van der Waals surface area contributed by atoms with Crippen LogP contribution < -0.4 is 11.1 Å². The van der Waals surface area contributed by atoms with Crippen molar-refractivity contribution in [3.05, 3.63) is 35.4 Å². The fourth-order valence-electron chi connectivity index (χ4n) is 1.77. The Balaban J connectivity index is 0.00000400. The van der Waals surface area contributed by atoms with Gasteiger partial charge in [0.2, 0.25) is 0 Å². The molecule has 0 saturated carbocycles. The molecule has 21 heavy (non-hydrogen) atoms. The lowest BCUT2D eigenvalue weighted by Crippen LogP contribution is -2.24. The third-order valence-electron chi connectivity index (χ3n) is 3.02. The second-order valence-corrected chi connectivity index (χ2v) is 4.54. The Kier molecular flexibility index (Phi) is 10.3. The van der Waals surface area contributed by atoms with Crippen molar-refractivity contribution in [2.75, 3.05) is 13.7 Å². The van der Waals surface area contributed by atoms with Crippen LogP contribution in [0.15, 0.2) is 24.3 Å². The number of unbranched alkanes of at least 4 members (excludes halogenated alkanes) is 2. The van der Waals surface area contributed by atoms with E-state index in [1.165, 1.54) is 7.11 Å². The van der Waals surface area contributed by atoms with Gasteiger partial charge in [-0.05, 0) is 30.5 Å². The maximum atomic E-state index is 11.8. The Hall–Kier alpha value is -1.59. The van der Waals surface area contributed by atoms with Crippen LogP contribution in [-0.4, -0.2) is 25.5 Å². The highest BCUT2D eigenvalue weighted by Crippen LogP contribution is 2.04. The van der Waals surface area contributed by atoms with Crippen molar-refractivity contribution >= 4 is 24.3 Å². The van der Waals surface area contributed by atoms with Gasteiger partial charge in [0.15, 0.2) is 0 Å². The van der Waals surface area contributed by atoms with Crippen LogP contribution in [0.1, 0.15) is 41.6 Å². The summed E-state index contributed by atoms with van der Waals surface area (Å²) in [5, 5.41) is 2.85. The first-order chi connectivity index (χ1) is 9.67. The van der Waals surface area contributed by atoms with Gasteiger partial charge >= 0.3 is 5.97 Å². The number of carbonyl (C=O) groups excluding carboxylic acids is 2. The van der Waals surface area contributed by atoms with E-state index >= 15 is 0 Å². The van der Waals surface area contributed by atoms with Crippen molar-refractivity contribution in [3.63, 3.8) is 0 Å². The predicted octanol–water partition coefficient (Wildman–Crippen LogP) is 2.03. The van der Waals surface area contributed by atoms with Crippen LogP contribution in [0.3, 0.4) is 0 Å². The monoisotopic (exact) mass is 314 g/mol. The summed E-state index contributed by atoms with van der Waals surface area (Å²) in [6, 6.07) is 7.25. The van der Waals surface area contributed by atoms with Gasteiger partial charge < -0.3 is 15.8 Å². The number of esters is 1. The number of ether oxygens (including phenoxy) is 1. The molecule has 5 nitrogen and oxygen atoms in total. The second kappa shape index (κ2) is 11.1. The van der Waals surface area contributed by atoms with Gasteiger partial charge in [0, 0.05) is 25.1 Å². The first-order valence-corrected chi connectivity index (χ1v) is 6.81. The number of hydrogen-bond donors (Lipinski definition) is 2. The molecule has 0 heterocycles. The van der Waals surface area contributed by atoms with Crippen molar-refractivity contribution in [2.45, 2.75) is 32.2 Å². The van der Waals surface area contributed by atoms with E-state index < -0.39 is 0 Å². The second-order valence-electron chi connectivity index (χ2n) is 4.54. The topological polar surface area (TPSA) is 81.4 Å².